The maximum absolute atomic E-state index is 13.2. The van der Waals surface area contributed by atoms with Crippen molar-refractivity contribution in [3.8, 4) is 5.88 Å². The standard InChI is InChI=1S/C18H23F3N2O4/c1-3-17(4-2,13-16(25)27-13)23-14(24)12-8-7-11(18(19,20)21)15(22-12)26-9-10-5-6-10/h7-8,10,13,16,25H,3-6,9H2,1-2H3,(H,23,24). The molecule has 1 aliphatic carbocycles. The summed E-state index contributed by atoms with van der Waals surface area (Å²) in [5.74, 6) is -0.971. The van der Waals surface area contributed by atoms with Crippen molar-refractivity contribution in [2.24, 2.45) is 5.92 Å². The van der Waals surface area contributed by atoms with Crippen LogP contribution in [0.5, 0.6) is 5.88 Å². The van der Waals surface area contributed by atoms with Crippen LogP contribution in [0.2, 0.25) is 0 Å². The topological polar surface area (TPSA) is 84.0 Å². The molecule has 1 aliphatic heterocycles. The first-order valence-electron chi connectivity index (χ1n) is 9.07. The molecule has 1 saturated carbocycles. The molecule has 0 spiro atoms. The highest BCUT2D eigenvalue weighted by molar-refractivity contribution is 5.93. The average Bonchev–Trinajstić information content (AvgIpc) is 3.54. The van der Waals surface area contributed by atoms with E-state index in [9.17, 15) is 23.1 Å². The van der Waals surface area contributed by atoms with Gasteiger partial charge in [0.05, 0.1) is 12.1 Å². The van der Waals surface area contributed by atoms with Crippen molar-refractivity contribution in [2.45, 2.75) is 63.6 Å². The molecule has 2 heterocycles. The zero-order valence-corrected chi connectivity index (χ0v) is 15.2. The smallest absolute Gasteiger partial charge is 0.421 e. The molecule has 2 N–H and O–H groups in total. The van der Waals surface area contributed by atoms with Gasteiger partial charge in [0.1, 0.15) is 17.4 Å². The van der Waals surface area contributed by atoms with Gasteiger partial charge in [-0.15, -0.1) is 0 Å². The van der Waals surface area contributed by atoms with E-state index in [0.29, 0.717) is 12.8 Å². The van der Waals surface area contributed by atoms with E-state index in [1.165, 1.54) is 0 Å². The number of halogens is 3. The second-order valence-corrected chi connectivity index (χ2v) is 7.07. The van der Waals surface area contributed by atoms with E-state index in [0.717, 1.165) is 25.0 Å². The van der Waals surface area contributed by atoms with Crippen molar-refractivity contribution in [1.29, 1.82) is 0 Å². The zero-order chi connectivity index (χ0) is 19.8. The van der Waals surface area contributed by atoms with Gasteiger partial charge in [-0.05, 0) is 43.7 Å². The number of amides is 1. The molecule has 3 rings (SSSR count). The number of rotatable bonds is 8. The van der Waals surface area contributed by atoms with Crippen molar-refractivity contribution < 1.29 is 32.5 Å². The predicted molar refractivity (Wildman–Crippen MR) is 89.1 cm³/mol. The molecule has 1 aromatic heterocycles. The summed E-state index contributed by atoms with van der Waals surface area (Å²) >= 11 is 0. The number of aliphatic hydroxyl groups is 1. The van der Waals surface area contributed by atoms with Gasteiger partial charge in [-0.1, -0.05) is 13.8 Å². The van der Waals surface area contributed by atoms with Crippen molar-refractivity contribution in [3.63, 3.8) is 0 Å². The lowest BCUT2D eigenvalue weighted by molar-refractivity contribution is -0.139. The number of ether oxygens (including phenoxy) is 2. The molecule has 1 aromatic rings. The van der Waals surface area contributed by atoms with Gasteiger partial charge in [0.25, 0.3) is 5.91 Å². The van der Waals surface area contributed by atoms with Crippen molar-refractivity contribution >= 4 is 5.91 Å². The summed E-state index contributed by atoms with van der Waals surface area (Å²) in [6, 6.07) is 1.84. The summed E-state index contributed by atoms with van der Waals surface area (Å²) in [5.41, 5.74) is -1.98. The Kier molecular flexibility index (Phi) is 5.36. The SMILES string of the molecule is CCC(CC)(NC(=O)c1ccc(C(F)(F)F)c(OCC2CC2)n1)C1OC1O. The molecule has 0 radical (unpaired) electrons. The molecule has 150 valence electrons. The Morgan fingerprint density at radius 3 is 2.44 bits per heavy atom. The Balaban J connectivity index is 1.82. The van der Waals surface area contributed by atoms with E-state index in [4.69, 9.17) is 9.47 Å². The summed E-state index contributed by atoms with van der Waals surface area (Å²) < 4.78 is 50.0. The molecule has 2 aliphatic rings. The quantitative estimate of drug-likeness (QED) is 0.669. The van der Waals surface area contributed by atoms with Gasteiger partial charge in [-0.3, -0.25) is 4.79 Å². The molecule has 2 fully saturated rings. The number of carbonyl (C=O) groups is 1. The summed E-state index contributed by atoms with van der Waals surface area (Å²) in [6.45, 7) is 3.82. The van der Waals surface area contributed by atoms with Gasteiger partial charge >= 0.3 is 6.18 Å². The van der Waals surface area contributed by atoms with Crippen LogP contribution in [-0.4, -0.2) is 40.5 Å². The normalized spacial score (nSPS) is 22.4. The third-order valence-corrected chi connectivity index (χ3v) is 5.19. The first kappa shape index (κ1) is 19.9. The molecule has 2 atom stereocenters. The van der Waals surface area contributed by atoms with Crippen LogP contribution >= 0.6 is 0 Å². The Labute approximate surface area is 155 Å². The highest BCUT2D eigenvalue weighted by Crippen LogP contribution is 2.38. The molecular formula is C18H23F3N2O4. The number of aromatic nitrogens is 1. The summed E-state index contributed by atoms with van der Waals surface area (Å²) in [7, 11) is 0. The Bertz CT molecular complexity index is 702. The van der Waals surface area contributed by atoms with Crippen molar-refractivity contribution in [3.05, 3.63) is 23.4 Å². The number of hydrogen-bond donors (Lipinski definition) is 2. The van der Waals surface area contributed by atoms with E-state index in [1.807, 2.05) is 13.8 Å². The lowest BCUT2D eigenvalue weighted by atomic mass is 9.88. The summed E-state index contributed by atoms with van der Waals surface area (Å²) in [4.78, 5) is 16.5. The first-order valence-corrected chi connectivity index (χ1v) is 9.07. The van der Waals surface area contributed by atoms with Crippen LogP contribution < -0.4 is 10.1 Å². The molecule has 6 nitrogen and oxygen atoms in total. The van der Waals surface area contributed by atoms with Crippen LogP contribution in [0.3, 0.4) is 0 Å². The van der Waals surface area contributed by atoms with Gasteiger partial charge in [0.15, 0.2) is 6.29 Å². The fourth-order valence-corrected chi connectivity index (χ4v) is 3.07. The maximum Gasteiger partial charge on any atom is 0.421 e. The van der Waals surface area contributed by atoms with Gasteiger partial charge in [0.2, 0.25) is 5.88 Å². The number of carbonyl (C=O) groups excluding carboxylic acids is 1. The number of hydrogen-bond acceptors (Lipinski definition) is 5. The number of aliphatic hydroxyl groups excluding tert-OH is 1. The van der Waals surface area contributed by atoms with Crippen molar-refractivity contribution in [2.75, 3.05) is 6.61 Å². The van der Waals surface area contributed by atoms with Gasteiger partial charge < -0.3 is 19.9 Å². The molecule has 0 aromatic carbocycles. The van der Waals surface area contributed by atoms with Gasteiger partial charge in [-0.2, -0.15) is 13.2 Å². The number of nitrogens with zero attached hydrogens (tertiary/aromatic N) is 1. The maximum atomic E-state index is 13.2. The summed E-state index contributed by atoms with van der Waals surface area (Å²) in [5, 5.41) is 12.3. The van der Waals surface area contributed by atoms with Crippen LogP contribution in [0.15, 0.2) is 12.1 Å². The van der Waals surface area contributed by atoms with Crippen LogP contribution in [0.4, 0.5) is 13.2 Å². The zero-order valence-electron chi connectivity index (χ0n) is 15.2. The second-order valence-electron chi connectivity index (χ2n) is 7.07. The molecule has 1 amide bonds. The van der Waals surface area contributed by atoms with Crippen LogP contribution in [0.1, 0.15) is 55.6 Å². The third-order valence-electron chi connectivity index (χ3n) is 5.19. The molecule has 2 unspecified atom stereocenters. The van der Waals surface area contributed by atoms with E-state index in [2.05, 4.69) is 10.3 Å². The van der Waals surface area contributed by atoms with Crippen LogP contribution in [0.25, 0.3) is 0 Å². The molecular weight excluding hydrogens is 365 g/mol. The fraction of sp³-hybridized carbons (Fsp3) is 0.667. The van der Waals surface area contributed by atoms with E-state index >= 15 is 0 Å². The molecule has 0 bridgehead atoms. The number of pyridine rings is 1. The van der Waals surface area contributed by atoms with E-state index < -0.39 is 41.5 Å². The Morgan fingerprint density at radius 2 is 1.96 bits per heavy atom. The Morgan fingerprint density at radius 1 is 1.33 bits per heavy atom. The van der Waals surface area contributed by atoms with E-state index in [-0.39, 0.29) is 18.2 Å². The monoisotopic (exact) mass is 388 g/mol. The third kappa shape index (κ3) is 4.35. The number of epoxide rings is 1. The summed E-state index contributed by atoms with van der Waals surface area (Å²) in [6.07, 6.45) is -3.31. The highest BCUT2D eigenvalue weighted by Gasteiger charge is 2.53. The Hall–Kier alpha value is -1.87. The number of alkyl halides is 3. The molecule has 27 heavy (non-hydrogen) atoms. The largest absolute Gasteiger partial charge is 0.477 e. The molecule has 1 saturated heterocycles. The number of nitrogens with one attached hydrogen (secondary N) is 1. The average molecular weight is 388 g/mol. The highest BCUT2D eigenvalue weighted by atomic mass is 19.4. The second kappa shape index (κ2) is 7.27. The van der Waals surface area contributed by atoms with Crippen LogP contribution in [-0.2, 0) is 10.9 Å². The van der Waals surface area contributed by atoms with Gasteiger partial charge in [-0.25, -0.2) is 4.98 Å². The minimum absolute atomic E-state index is 0.150. The van der Waals surface area contributed by atoms with E-state index in [1.54, 1.807) is 0 Å². The predicted octanol–water partition coefficient (Wildman–Crippen LogP) is 2.90. The van der Waals surface area contributed by atoms with Crippen LogP contribution in [0, 0.1) is 5.92 Å². The lowest BCUT2D eigenvalue weighted by Gasteiger charge is -2.31. The molecule has 9 heteroatoms. The minimum atomic E-state index is -4.62. The first-order chi connectivity index (χ1) is 12.7. The lowest BCUT2D eigenvalue weighted by Crippen LogP contribution is -2.52. The fourth-order valence-electron chi connectivity index (χ4n) is 3.07. The van der Waals surface area contributed by atoms with Gasteiger partial charge in [0, 0.05) is 0 Å². The van der Waals surface area contributed by atoms with Crippen molar-refractivity contribution in [1.82, 2.24) is 10.3 Å². The minimum Gasteiger partial charge on any atom is -0.477 e.